The average molecular weight is 296 g/mol. The third-order valence-electron chi connectivity index (χ3n) is 3.61. The highest BCUT2D eigenvalue weighted by atomic mass is 16.5. The maximum Gasteiger partial charge on any atom is 0.203 e. The largest absolute Gasteiger partial charge is 0.383 e. The third-order valence-corrected chi connectivity index (χ3v) is 3.61. The second-order valence-electron chi connectivity index (χ2n) is 6.33. The SMILES string of the molecule is COCC(C)Nc1nc(C)cn1CCN(C(C)C)C(C)C. The van der Waals surface area contributed by atoms with E-state index in [0.717, 1.165) is 24.7 Å². The molecular weight excluding hydrogens is 264 g/mol. The molecule has 0 aliphatic heterocycles. The van der Waals surface area contributed by atoms with Crippen LogP contribution in [0.4, 0.5) is 5.95 Å². The zero-order valence-corrected chi connectivity index (χ0v) is 14.7. The van der Waals surface area contributed by atoms with Gasteiger partial charge in [-0.1, -0.05) is 0 Å². The Kier molecular flexibility index (Phi) is 7.18. The summed E-state index contributed by atoms with van der Waals surface area (Å²) in [5.41, 5.74) is 1.04. The molecule has 1 atom stereocenters. The van der Waals surface area contributed by atoms with E-state index in [-0.39, 0.29) is 6.04 Å². The van der Waals surface area contributed by atoms with Crippen molar-refractivity contribution in [1.29, 1.82) is 0 Å². The number of ether oxygens (including phenoxy) is 1. The Labute approximate surface area is 129 Å². The molecular formula is C16H32N4O. The number of nitrogens with one attached hydrogen (secondary N) is 1. The highest BCUT2D eigenvalue weighted by Crippen LogP contribution is 2.12. The molecule has 21 heavy (non-hydrogen) atoms. The molecule has 0 saturated heterocycles. The van der Waals surface area contributed by atoms with Gasteiger partial charge in [0.25, 0.3) is 0 Å². The quantitative estimate of drug-likeness (QED) is 0.761. The van der Waals surface area contributed by atoms with Gasteiger partial charge in [-0.15, -0.1) is 0 Å². The van der Waals surface area contributed by atoms with Crippen molar-refractivity contribution in [2.45, 2.75) is 66.2 Å². The fraction of sp³-hybridized carbons (Fsp3) is 0.812. The molecule has 0 amide bonds. The maximum atomic E-state index is 5.18. The van der Waals surface area contributed by atoms with Crippen molar-refractivity contribution in [1.82, 2.24) is 14.5 Å². The van der Waals surface area contributed by atoms with E-state index in [1.165, 1.54) is 0 Å². The Hall–Kier alpha value is -1.07. The molecule has 1 aromatic heterocycles. The van der Waals surface area contributed by atoms with Crippen LogP contribution >= 0.6 is 0 Å². The number of methoxy groups -OCH3 is 1. The van der Waals surface area contributed by atoms with E-state index in [4.69, 9.17) is 4.74 Å². The van der Waals surface area contributed by atoms with Crippen LogP contribution in [0, 0.1) is 6.92 Å². The van der Waals surface area contributed by atoms with E-state index in [1.54, 1.807) is 7.11 Å². The second-order valence-corrected chi connectivity index (χ2v) is 6.33. The lowest BCUT2D eigenvalue weighted by molar-refractivity contribution is 0.168. The highest BCUT2D eigenvalue weighted by Gasteiger charge is 2.15. The number of rotatable bonds is 9. The Morgan fingerprint density at radius 2 is 1.86 bits per heavy atom. The Balaban J connectivity index is 2.70. The minimum absolute atomic E-state index is 0.252. The van der Waals surface area contributed by atoms with Crippen molar-refractivity contribution in [3.63, 3.8) is 0 Å². The highest BCUT2D eigenvalue weighted by molar-refractivity contribution is 5.30. The number of nitrogens with zero attached hydrogens (tertiary/aromatic N) is 3. The topological polar surface area (TPSA) is 42.3 Å². The third kappa shape index (κ3) is 5.67. The van der Waals surface area contributed by atoms with Gasteiger partial charge in [-0.2, -0.15) is 0 Å². The van der Waals surface area contributed by atoms with Crippen molar-refractivity contribution >= 4 is 5.95 Å². The second kappa shape index (κ2) is 8.39. The first-order chi connectivity index (χ1) is 9.85. The first kappa shape index (κ1) is 18.0. The summed E-state index contributed by atoms with van der Waals surface area (Å²) >= 11 is 0. The number of hydrogen-bond acceptors (Lipinski definition) is 4. The van der Waals surface area contributed by atoms with Gasteiger partial charge < -0.3 is 14.6 Å². The summed E-state index contributed by atoms with van der Waals surface area (Å²) in [6.07, 6.45) is 2.11. The van der Waals surface area contributed by atoms with Gasteiger partial charge in [0.05, 0.1) is 12.3 Å². The lowest BCUT2D eigenvalue weighted by Crippen LogP contribution is -2.39. The summed E-state index contributed by atoms with van der Waals surface area (Å²) in [5.74, 6) is 0.935. The van der Waals surface area contributed by atoms with E-state index < -0.39 is 0 Å². The van der Waals surface area contributed by atoms with Crippen LogP contribution in [-0.2, 0) is 11.3 Å². The molecule has 0 fully saturated rings. The van der Waals surface area contributed by atoms with Gasteiger partial charge in [0.15, 0.2) is 0 Å². The van der Waals surface area contributed by atoms with E-state index in [0.29, 0.717) is 18.7 Å². The Bertz CT molecular complexity index is 406. The normalized spacial score (nSPS) is 13.4. The van der Waals surface area contributed by atoms with Gasteiger partial charge in [-0.25, -0.2) is 4.98 Å². The summed E-state index contributed by atoms with van der Waals surface area (Å²) in [4.78, 5) is 7.08. The minimum Gasteiger partial charge on any atom is -0.383 e. The number of aryl methyl sites for hydroxylation is 1. The van der Waals surface area contributed by atoms with Gasteiger partial charge in [-0.3, -0.25) is 4.90 Å². The molecule has 0 aliphatic rings. The zero-order valence-electron chi connectivity index (χ0n) is 14.7. The fourth-order valence-corrected chi connectivity index (χ4v) is 2.68. The average Bonchev–Trinajstić information content (AvgIpc) is 2.69. The first-order valence-electron chi connectivity index (χ1n) is 7.90. The summed E-state index contributed by atoms with van der Waals surface area (Å²) in [5, 5.41) is 3.42. The predicted octanol–water partition coefficient (Wildman–Crippen LogP) is 2.76. The van der Waals surface area contributed by atoms with Crippen molar-refractivity contribution in [2.24, 2.45) is 0 Å². The fourth-order valence-electron chi connectivity index (χ4n) is 2.68. The summed E-state index contributed by atoms with van der Waals surface area (Å²) in [6.45, 7) is 15.8. The molecule has 122 valence electrons. The van der Waals surface area contributed by atoms with E-state index >= 15 is 0 Å². The van der Waals surface area contributed by atoms with Crippen LogP contribution in [-0.4, -0.2) is 52.8 Å². The molecule has 1 rings (SSSR count). The van der Waals surface area contributed by atoms with Gasteiger partial charge in [0, 0.05) is 44.5 Å². The predicted molar refractivity (Wildman–Crippen MR) is 88.9 cm³/mol. The van der Waals surface area contributed by atoms with Crippen molar-refractivity contribution in [3.05, 3.63) is 11.9 Å². The van der Waals surface area contributed by atoms with Crippen molar-refractivity contribution in [3.8, 4) is 0 Å². The lowest BCUT2D eigenvalue weighted by atomic mass is 10.2. The molecule has 1 N–H and O–H groups in total. The zero-order chi connectivity index (χ0) is 16.0. The molecule has 1 unspecified atom stereocenters. The molecule has 1 aromatic rings. The molecule has 0 aromatic carbocycles. The monoisotopic (exact) mass is 296 g/mol. The standard InChI is InChI=1S/C16H32N4O/c1-12(2)20(13(3)4)9-8-19-10-14(5)17-16(19)18-15(6)11-21-7/h10,12-13,15H,8-9,11H2,1-7H3,(H,17,18). The van der Waals surface area contributed by atoms with Gasteiger partial charge in [-0.05, 0) is 41.5 Å². The molecule has 0 saturated carbocycles. The molecule has 5 nitrogen and oxygen atoms in total. The van der Waals surface area contributed by atoms with Gasteiger partial charge in [0.2, 0.25) is 5.95 Å². The maximum absolute atomic E-state index is 5.18. The van der Waals surface area contributed by atoms with E-state index in [1.807, 2.05) is 6.92 Å². The number of hydrogen-bond donors (Lipinski definition) is 1. The molecule has 0 spiro atoms. The van der Waals surface area contributed by atoms with Gasteiger partial charge >= 0.3 is 0 Å². The summed E-state index contributed by atoms with van der Waals surface area (Å²) in [7, 11) is 1.72. The molecule has 0 radical (unpaired) electrons. The lowest BCUT2D eigenvalue weighted by Gasteiger charge is -2.30. The van der Waals surface area contributed by atoms with E-state index in [9.17, 15) is 0 Å². The smallest absolute Gasteiger partial charge is 0.203 e. The van der Waals surface area contributed by atoms with Crippen molar-refractivity contribution < 1.29 is 4.74 Å². The number of anilines is 1. The minimum atomic E-state index is 0.252. The molecule has 0 bridgehead atoms. The molecule has 5 heteroatoms. The van der Waals surface area contributed by atoms with E-state index in [2.05, 4.69) is 60.6 Å². The first-order valence-corrected chi connectivity index (χ1v) is 7.90. The van der Waals surface area contributed by atoms with Crippen LogP contribution in [0.5, 0.6) is 0 Å². The van der Waals surface area contributed by atoms with Crippen LogP contribution in [0.15, 0.2) is 6.20 Å². The molecule has 1 heterocycles. The van der Waals surface area contributed by atoms with Crippen LogP contribution in [0.3, 0.4) is 0 Å². The number of imidazole rings is 1. The van der Waals surface area contributed by atoms with Crippen LogP contribution in [0.25, 0.3) is 0 Å². The van der Waals surface area contributed by atoms with Crippen LogP contribution in [0.2, 0.25) is 0 Å². The number of aromatic nitrogens is 2. The molecule has 0 aliphatic carbocycles. The summed E-state index contributed by atoms with van der Waals surface area (Å²) in [6, 6.07) is 1.36. The van der Waals surface area contributed by atoms with Gasteiger partial charge in [0.1, 0.15) is 0 Å². The van der Waals surface area contributed by atoms with Crippen LogP contribution < -0.4 is 5.32 Å². The Morgan fingerprint density at radius 1 is 1.24 bits per heavy atom. The van der Waals surface area contributed by atoms with Crippen molar-refractivity contribution in [2.75, 3.05) is 25.6 Å². The summed E-state index contributed by atoms with van der Waals surface area (Å²) < 4.78 is 7.38. The van der Waals surface area contributed by atoms with Crippen LogP contribution in [0.1, 0.15) is 40.3 Å². The Morgan fingerprint density at radius 3 is 2.38 bits per heavy atom.